The number of esters is 1. The average Bonchev–Trinajstić information content (AvgIpc) is 2.80. The number of carbonyl (C=O) groups excluding carboxylic acids is 1. The van der Waals surface area contributed by atoms with Gasteiger partial charge in [0.15, 0.2) is 11.5 Å². The maximum absolute atomic E-state index is 12.0. The van der Waals surface area contributed by atoms with Crippen LogP contribution in [0.3, 0.4) is 0 Å². The Morgan fingerprint density at radius 3 is 2.67 bits per heavy atom. The van der Waals surface area contributed by atoms with E-state index >= 15 is 0 Å². The monoisotopic (exact) mass is 302 g/mol. The van der Waals surface area contributed by atoms with Crippen molar-refractivity contribution in [3.05, 3.63) is 53.1 Å². The number of carbonyl (C=O) groups is 1. The summed E-state index contributed by atoms with van der Waals surface area (Å²) in [6.07, 6.45) is 1.70. The van der Waals surface area contributed by atoms with Gasteiger partial charge in [-0.25, -0.2) is 0 Å². The molecule has 0 bridgehead atoms. The van der Waals surface area contributed by atoms with Crippen molar-refractivity contribution < 1.29 is 14.3 Å². The van der Waals surface area contributed by atoms with Crippen LogP contribution in [-0.2, 0) is 4.79 Å². The Kier molecular flexibility index (Phi) is 3.84. The normalized spacial score (nSPS) is 16.5. The van der Waals surface area contributed by atoms with Crippen LogP contribution in [0.25, 0.3) is 0 Å². The molecule has 21 heavy (non-hydrogen) atoms. The van der Waals surface area contributed by atoms with Crippen LogP contribution in [0, 0.1) is 0 Å². The molecule has 0 saturated carbocycles. The van der Waals surface area contributed by atoms with Crippen LogP contribution in [0.2, 0.25) is 5.02 Å². The summed E-state index contributed by atoms with van der Waals surface area (Å²) in [6, 6.07) is 12.8. The molecule has 1 aliphatic heterocycles. The van der Waals surface area contributed by atoms with Crippen molar-refractivity contribution in [1.82, 2.24) is 0 Å². The molecular formula is C17H15ClO3. The fourth-order valence-corrected chi connectivity index (χ4v) is 2.68. The van der Waals surface area contributed by atoms with Crippen LogP contribution >= 0.6 is 11.6 Å². The highest BCUT2D eigenvalue weighted by atomic mass is 35.5. The summed E-state index contributed by atoms with van der Waals surface area (Å²) in [5.41, 5.74) is 0.895. The fraction of sp³-hybridized carbons (Fsp3) is 0.235. The van der Waals surface area contributed by atoms with Crippen LogP contribution in [0.15, 0.2) is 42.5 Å². The zero-order valence-electron chi connectivity index (χ0n) is 11.6. The second-order valence-electron chi connectivity index (χ2n) is 4.97. The molecule has 1 heterocycles. The van der Waals surface area contributed by atoms with Gasteiger partial charge in [-0.05, 0) is 24.6 Å². The number of fused-ring (bicyclic) bond motifs is 1. The maximum atomic E-state index is 12.0. The van der Waals surface area contributed by atoms with Crippen molar-refractivity contribution in [1.29, 1.82) is 0 Å². The first-order valence-corrected chi connectivity index (χ1v) is 7.35. The standard InChI is InChI=1S/C17H15ClO3/c1-2-6-12-11-7-5-10-15(16(11)21-17(12)19)20-14-9-4-3-8-13(14)18/h3-5,7-10,12H,2,6H2,1H3. The highest BCUT2D eigenvalue weighted by Gasteiger charge is 2.34. The van der Waals surface area contributed by atoms with Gasteiger partial charge in [-0.3, -0.25) is 4.79 Å². The second-order valence-corrected chi connectivity index (χ2v) is 5.38. The third-order valence-corrected chi connectivity index (χ3v) is 3.82. The molecule has 0 radical (unpaired) electrons. The molecule has 2 aromatic carbocycles. The minimum absolute atomic E-state index is 0.195. The Hall–Kier alpha value is -2.00. The summed E-state index contributed by atoms with van der Waals surface area (Å²) in [4.78, 5) is 12.0. The summed E-state index contributed by atoms with van der Waals surface area (Å²) in [7, 11) is 0. The average molecular weight is 303 g/mol. The van der Waals surface area contributed by atoms with Crippen LogP contribution in [0.4, 0.5) is 0 Å². The molecule has 1 aliphatic rings. The third kappa shape index (κ3) is 2.61. The molecular weight excluding hydrogens is 288 g/mol. The van der Waals surface area contributed by atoms with E-state index in [1.807, 2.05) is 24.3 Å². The van der Waals surface area contributed by atoms with E-state index in [0.717, 1.165) is 18.4 Å². The van der Waals surface area contributed by atoms with E-state index in [-0.39, 0.29) is 11.9 Å². The summed E-state index contributed by atoms with van der Waals surface area (Å²) in [5.74, 6) is 1.18. The van der Waals surface area contributed by atoms with E-state index in [9.17, 15) is 4.79 Å². The largest absolute Gasteiger partial charge is 0.452 e. The van der Waals surface area contributed by atoms with Crippen LogP contribution in [0.1, 0.15) is 31.2 Å². The van der Waals surface area contributed by atoms with E-state index in [2.05, 4.69) is 6.92 Å². The minimum atomic E-state index is -0.206. The number of hydrogen-bond donors (Lipinski definition) is 0. The van der Waals surface area contributed by atoms with Gasteiger partial charge in [-0.1, -0.05) is 49.2 Å². The predicted molar refractivity (Wildman–Crippen MR) is 81.3 cm³/mol. The molecule has 4 heteroatoms. The van der Waals surface area contributed by atoms with Crippen LogP contribution in [-0.4, -0.2) is 5.97 Å². The Balaban J connectivity index is 1.96. The molecule has 108 valence electrons. The molecule has 0 amide bonds. The zero-order chi connectivity index (χ0) is 14.8. The molecule has 0 spiro atoms. The van der Waals surface area contributed by atoms with E-state index < -0.39 is 0 Å². The first-order valence-electron chi connectivity index (χ1n) is 6.97. The van der Waals surface area contributed by atoms with Crippen molar-refractivity contribution in [2.75, 3.05) is 0 Å². The van der Waals surface area contributed by atoms with Gasteiger partial charge in [0.2, 0.25) is 0 Å². The zero-order valence-corrected chi connectivity index (χ0v) is 12.4. The number of ether oxygens (including phenoxy) is 2. The number of rotatable bonds is 4. The highest BCUT2D eigenvalue weighted by molar-refractivity contribution is 6.32. The van der Waals surface area contributed by atoms with Gasteiger partial charge < -0.3 is 9.47 Å². The van der Waals surface area contributed by atoms with Crippen molar-refractivity contribution >= 4 is 17.6 Å². The van der Waals surface area contributed by atoms with E-state index in [1.165, 1.54) is 0 Å². The predicted octanol–water partition coefficient (Wildman–Crippen LogP) is 4.94. The van der Waals surface area contributed by atoms with Gasteiger partial charge in [0.1, 0.15) is 5.75 Å². The Labute approximate surface area is 128 Å². The number of benzene rings is 2. The number of hydrogen-bond acceptors (Lipinski definition) is 3. The molecule has 0 aliphatic carbocycles. The van der Waals surface area contributed by atoms with E-state index in [1.54, 1.807) is 18.2 Å². The summed E-state index contributed by atoms with van der Waals surface area (Å²) in [5, 5.41) is 0.518. The van der Waals surface area contributed by atoms with Gasteiger partial charge >= 0.3 is 5.97 Å². The molecule has 3 rings (SSSR count). The van der Waals surface area contributed by atoms with Crippen LogP contribution < -0.4 is 9.47 Å². The van der Waals surface area contributed by atoms with Gasteiger partial charge in [0.05, 0.1) is 10.9 Å². The van der Waals surface area contributed by atoms with E-state index in [4.69, 9.17) is 21.1 Å². The first kappa shape index (κ1) is 14.0. The van der Waals surface area contributed by atoms with Gasteiger partial charge in [0, 0.05) is 5.56 Å². The molecule has 0 aromatic heterocycles. The molecule has 2 aromatic rings. The molecule has 0 fully saturated rings. The van der Waals surface area contributed by atoms with Gasteiger partial charge in [0.25, 0.3) is 0 Å². The number of para-hydroxylation sites is 2. The summed E-state index contributed by atoms with van der Waals surface area (Å²) in [6.45, 7) is 2.05. The molecule has 3 nitrogen and oxygen atoms in total. The SMILES string of the molecule is CCCC1C(=O)Oc2c(Oc3ccccc3Cl)cccc21. The Bertz CT molecular complexity index is 681. The van der Waals surface area contributed by atoms with Gasteiger partial charge in [-0.15, -0.1) is 0 Å². The lowest BCUT2D eigenvalue weighted by Crippen LogP contribution is -2.09. The van der Waals surface area contributed by atoms with Crippen LogP contribution in [0.5, 0.6) is 17.2 Å². The quantitative estimate of drug-likeness (QED) is 0.593. The van der Waals surface area contributed by atoms with Crippen molar-refractivity contribution in [3.63, 3.8) is 0 Å². The highest BCUT2D eigenvalue weighted by Crippen LogP contribution is 2.45. The summed E-state index contributed by atoms with van der Waals surface area (Å²) < 4.78 is 11.2. The van der Waals surface area contributed by atoms with E-state index in [0.29, 0.717) is 22.3 Å². The topological polar surface area (TPSA) is 35.5 Å². The van der Waals surface area contributed by atoms with Crippen molar-refractivity contribution in [2.45, 2.75) is 25.7 Å². The molecule has 1 atom stereocenters. The molecule has 0 N–H and O–H groups in total. The third-order valence-electron chi connectivity index (χ3n) is 3.51. The van der Waals surface area contributed by atoms with Crippen molar-refractivity contribution in [2.24, 2.45) is 0 Å². The fourth-order valence-electron chi connectivity index (χ4n) is 2.50. The van der Waals surface area contributed by atoms with Gasteiger partial charge in [-0.2, -0.15) is 0 Å². The maximum Gasteiger partial charge on any atom is 0.319 e. The molecule has 0 saturated heterocycles. The Morgan fingerprint density at radius 2 is 1.90 bits per heavy atom. The van der Waals surface area contributed by atoms with Crippen molar-refractivity contribution in [3.8, 4) is 17.2 Å². The number of halogens is 1. The summed E-state index contributed by atoms with van der Waals surface area (Å²) >= 11 is 6.10. The minimum Gasteiger partial charge on any atom is -0.452 e. The lowest BCUT2D eigenvalue weighted by Gasteiger charge is -2.10. The smallest absolute Gasteiger partial charge is 0.319 e. The second kappa shape index (κ2) is 5.78. The lowest BCUT2D eigenvalue weighted by atomic mass is 9.96. The Morgan fingerprint density at radius 1 is 1.14 bits per heavy atom. The first-order chi connectivity index (χ1) is 10.2. The lowest BCUT2D eigenvalue weighted by molar-refractivity contribution is -0.134. The molecule has 1 unspecified atom stereocenters.